The van der Waals surface area contributed by atoms with Crippen LogP contribution < -0.4 is 46.9 Å². The van der Waals surface area contributed by atoms with Gasteiger partial charge in [-0.2, -0.15) is 0 Å². The summed E-state index contributed by atoms with van der Waals surface area (Å²) in [6.07, 6.45) is 11.8. The first kappa shape index (κ1) is 57.1. The van der Waals surface area contributed by atoms with Crippen LogP contribution in [-0.4, -0.2) is 138 Å². The Hall–Kier alpha value is -7.16. The summed E-state index contributed by atoms with van der Waals surface area (Å²) in [5, 5.41) is 20.6. The van der Waals surface area contributed by atoms with Crippen LogP contribution in [0.15, 0.2) is 97.6 Å². The Morgan fingerprint density at radius 2 is 1.17 bits per heavy atom. The number of carbonyl (C=O) groups is 6. The highest BCUT2D eigenvalue weighted by Gasteiger charge is 2.45. The van der Waals surface area contributed by atoms with Gasteiger partial charge in [0.2, 0.25) is 35.4 Å². The molecule has 0 spiro atoms. The lowest BCUT2D eigenvalue weighted by Gasteiger charge is -2.28. The zero-order valence-corrected chi connectivity index (χ0v) is 43.6. The summed E-state index contributed by atoms with van der Waals surface area (Å²) >= 11 is 0. The third-order valence-electron chi connectivity index (χ3n) is 14.4. The number of hydrogen-bond acceptors (Lipinski definition) is 14. The van der Waals surface area contributed by atoms with Crippen molar-refractivity contribution in [2.45, 2.75) is 120 Å². The summed E-state index contributed by atoms with van der Waals surface area (Å²) in [6.45, 7) is 2.14. The number of aliphatic hydroxyl groups excluding tert-OH is 1. The van der Waals surface area contributed by atoms with Crippen molar-refractivity contribution in [3.63, 3.8) is 0 Å². The third-order valence-corrected chi connectivity index (χ3v) is 14.4. The van der Waals surface area contributed by atoms with Crippen LogP contribution in [0.25, 0.3) is 0 Å². The maximum Gasteiger partial charge on any atom is 0.245 e. The molecule has 1 aliphatic carbocycles. The van der Waals surface area contributed by atoms with Gasteiger partial charge in [0.15, 0.2) is 0 Å². The second-order valence-electron chi connectivity index (χ2n) is 19.4. The van der Waals surface area contributed by atoms with Crippen LogP contribution in [0.5, 0.6) is 17.2 Å². The quantitative estimate of drug-likeness (QED) is 0.0671. The number of nitrogens with one attached hydrogen (secondary N) is 4. The van der Waals surface area contributed by atoms with Crippen molar-refractivity contribution in [3.05, 3.63) is 114 Å². The molecule has 0 radical (unpaired) electrons. The molecule has 3 aliphatic rings. The number of nitrogens with two attached hydrogens (primary N) is 2. The van der Waals surface area contributed by atoms with Gasteiger partial charge in [-0.3, -0.25) is 38.7 Å². The lowest BCUT2D eigenvalue weighted by atomic mass is 9.79. The molecule has 2 aliphatic heterocycles. The van der Waals surface area contributed by atoms with Crippen LogP contribution in [0.1, 0.15) is 93.5 Å². The summed E-state index contributed by atoms with van der Waals surface area (Å²) in [5.74, 6) is 0.305. The number of para-hydroxylation sites is 2. The monoisotopic (exact) mass is 1030 g/mol. The average Bonchev–Trinajstić information content (AvgIpc) is 4.09. The summed E-state index contributed by atoms with van der Waals surface area (Å²) < 4.78 is 16.9. The van der Waals surface area contributed by atoms with Crippen molar-refractivity contribution in [2.75, 3.05) is 41.4 Å². The van der Waals surface area contributed by atoms with Gasteiger partial charge in [-0.15, -0.1) is 0 Å². The number of amides is 6. The molecule has 3 fully saturated rings. The fourth-order valence-electron chi connectivity index (χ4n) is 10.3. The largest absolute Gasteiger partial charge is 0.496 e. The molecule has 75 heavy (non-hydrogen) atoms. The smallest absolute Gasteiger partial charge is 0.245 e. The van der Waals surface area contributed by atoms with Gasteiger partial charge in [0, 0.05) is 94.3 Å². The fourth-order valence-corrected chi connectivity index (χ4v) is 10.3. The normalized spacial score (nSPS) is 20.4. The number of likely N-dealkylation sites (tertiary alicyclic amines) is 2. The number of pyridine rings is 2. The lowest BCUT2D eigenvalue weighted by molar-refractivity contribution is -0.140. The molecule has 0 bridgehead atoms. The minimum Gasteiger partial charge on any atom is -0.496 e. The molecule has 20 nitrogen and oxygen atoms in total. The van der Waals surface area contributed by atoms with Gasteiger partial charge in [0.25, 0.3) is 0 Å². The molecule has 2 aromatic carbocycles. The second-order valence-corrected chi connectivity index (χ2v) is 19.4. The molecule has 2 saturated heterocycles. The van der Waals surface area contributed by atoms with Gasteiger partial charge in [-0.25, -0.2) is 0 Å². The van der Waals surface area contributed by atoms with Gasteiger partial charge in [0.1, 0.15) is 47.5 Å². The summed E-state index contributed by atoms with van der Waals surface area (Å²) in [7, 11) is 6.07. The molecule has 20 heteroatoms. The van der Waals surface area contributed by atoms with Gasteiger partial charge >= 0.3 is 0 Å². The first-order valence-electron chi connectivity index (χ1n) is 25.7. The Balaban J connectivity index is 0.000000246. The highest BCUT2D eigenvalue weighted by Crippen LogP contribution is 2.39. The van der Waals surface area contributed by atoms with Crippen LogP contribution in [0.3, 0.4) is 0 Å². The van der Waals surface area contributed by atoms with E-state index in [4.69, 9.17) is 25.7 Å². The number of likely N-dealkylation sites (N-methyl/N-ethyl adjacent to an activating group) is 2. The molecular formula is C55H74N10O10. The number of aliphatic hydroxyl groups is 1. The van der Waals surface area contributed by atoms with E-state index in [1.807, 2.05) is 36.4 Å². The van der Waals surface area contributed by atoms with E-state index in [2.05, 4.69) is 31.2 Å². The molecule has 404 valence electrons. The first-order chi connectivity index (χ1) is 36.1. The zero-order chi connectivity index (χ0) is 54.0. The predicted molar refractivity (Wildman–Crippen MR) is 280 cm³/mol. The summed E-state index contributed by atoms with van der Waals surface area (Å²) in [5.41, 5.74) is 15.1. The van der Waals surface area contributed by atoms with Crippen molar-refractivity contribution in [2.24, 2.45) is 23.3 Å². The van der Waals surface area contributed by atoms with Crippen LogP contribution >= 0.6 is 0 Å². The molecule has 9 atom stereocenters. The van der Waals surface area contributed by atoms with E-state index in [9.17, 15) is 33.9 Å². The number of nitrogens with zero attached hydrogens (tertiary/aromatic N) is 4. The number of benzene rings is 2. The van der Waals surface area contributed by atoms with Crippen molar-refractivity contribution < 1.29 is 48.1 Å². The van der Waals surface area contributed by atoms with Crippen LogP contribution in [0, 0.1) is 11.8 Å². The molecule has 4 heterocycles. The Kier molecular flexibility index (Phi) is 21.3. The molecule has 4 aromatic rings. The second kappa shape index (κ2) is 27.9. The van der Waals surface area contributed by atoms with E-state index < -0.39 is 66.2 Å². The minimum atomic E-state index is -1.09. The molecule has 5 unspecified atom stereocenters. The Bertz CT molecular complexity index is 2520. The minimum absolute atomic E-state index is 0.0385. The van der Waals surface area contributed by atoms with Crippen molar-refractivity contribution >= 4 is 35.4 Å². The Labute approximate surface area is 439 Å². The highest BCUT2D eigenvalue weighted by molar-refractivity contribution is 5.94. The van der Waals surface area contributed by atoms with Gasteiger partial charge in [-0.05, 0) is 67.1 Å². The van der Waals surface area contributed by atoms with E-state index >= 15 is 0 Å². The maximum atomic E-state index is 13.6. The predicted octanol–water partition coefficient (Wildman–Crippen LogP) is 2.89. The number of aromatic nitrogens is 2. The van der Waals surface area contributed by atoms with Crippen molar-refractivity contribution in [3.8, 4) is 17.2 Å². The highest BCUT2D eigenvalue weighted by atomic mass is 16.5. The first-order valence-corrected chi connectivity index (χ1v) is 25.7. The standard InChI is InChI=1S/C29H34N6O5.C26H40N4O5/c1-31-28(37)24(15-19-7-11-32-12-8-19)34-29(38)25-16-21(40-20-9-13-33-14-10-20)18-35(25)27(36)17-23(30)22-5-3-4-6-26(22)39-2;1-16(31)24(26(34)28-2)29-25(33)21-13-18(17-9-5-4-6-10-17)15-30(21)23(32)14-20(27)19-11-7-8-12-22(19)35-3/h3-14,21,23-25H,15-18,30H2,1-2H3,(H,31,37)(H,34,38);7-8,11-12,16-18,20-21,24,31H,4-6,9-10,13-15,27H2,1-3H3,(H,28,34)(H,29,33)/t21?,23?,24-,25-;16?,18?,20?,21-,24-/m00/s1. The number of carbonyl (C=O) groups excluding carboxylic acids is 6. The van der Waals surface area contributed by atoms with E-state index in [0.717, 1.165) is 24.0 Å². The van der Waals surface area contributed by atoms with E-state index in [0.29, 0.717) is 41.7 Å². The average molecular weight is 1040 g/mol. The number of methoxy groups -OCH3 is 2. The molecule has 9 N–H and O–H groups in total. The lowest BCUT2D eigenvalue weighted by Crippen LogP contribution is -2.56. The SMILES string of the molecule is CNC(=O)[C@@H](NC(=O)[C@@H]1CC(C2CCCCC2)CN1C(=O)CC(N)c1ccccc1OC)C(C)O.CNC(=O)[C@H](Cc1ccncc1)NC(=O)[C@@H]1CC(Oc2ccncc2)CN1C(=O)CC(N)c1ccccc1OC. The zero-order valence-electron chi connectivity index (χ0n) is 43.6. The van der Waals surface area contributed by atoms with E-state index in [-0.39, 0.29) is 55.9 Å². The fraction of sp³-hybridized carbons (Fsp3) is 0.491. The summed E-state index contributed by atoms with van der Waals surface area (Å²) in [4.78, 5) is 90.0. The maximum absolute atomic E-state index is 13.6. The number of hydrogen-bond donors (Lipinski definition) is 7. The molecule has 7 rings (SSSR count). The molecule has 2 aromatic heterocycles. The van der Waals surface area contributed by atoms with Gasteiger partial charge < -0.3 is 61.9 Å². The number of ether oxygens (including phenoxy) is 3. The molecule has 6 amide bonds. The van der Waals surface area contributed by atoms with Crippen LogP contribution in [0.4, 0.5) is 0 Å². The van der Waals surface area contributed by atoms with Crippen LogP contribution in [0.2, 0.25) is 0 Å². The van der Waals surface area contributed by atoms with Crippen molar-refractivity contribution in [1.29, 1.82) is 0 Å². The van der Waals surface area contributed by atoms with Gasteiger partial charge in [0.05, 0.1) is 26.9 Å². The molecule has 1 saturated carbocycles. The number of rotatable bonds is 20. The van der Waals surface area contributed by atoms with E-state index in [1.165, 1.54) is 45.2 Å². The van der Waals surface area contributed by atoms with Gasteiger partial charge in [-0.1, -0.05) is 68.5 Å². The third kappa shape index (κ3) is 15.5. The van der Waals surface area contributed by atoms with Crippen molar-refractivity contribution in [1.82, 2.24) is 41.0 Å². The topological polar surface area (TPSA) is 283 Å². The Morgan fingerprint density at radius 3 is 1.71 bits per heavy atom. The Morgan fingerprint density at radius 1 is 0.667 bits per heavy atom. The summed E-state index contributed by atoms with van der Waals surface area (Å²) in [6, 6.07) is 16.9. The van der Waals surface area contributed by atoms with Crippen LogP contribution in [-0.2, 0) is 35.2 Å². The molecular weight excluding hydrogens is 961 g/mol. The van der Waals surface area contributed by atoms with E-state index in [1.54, 1.807) is 80.3 Å².